The average Bonchev–Trinajstić information content (AvgIpc) is 2.28. The summed E-state index contributed by atoms with van der Waals surface area (Å²) in [6.45, 7) is 3.86. The van der Waals surface area contributed by atoms with Gasteiger partial charge >= 0.3 is 0 Å². The Hall–Kier alpha value is -0.120. The van der Waals surface area contributed by atoms with E-state index >= 15 is 0 Å². The van der Waals surface area contributed by atoms with Gasteiger partial charge in [-0.2, -0.15) is 0 Å². The normalized spacial score (nSPS) is 45.2. The fraction of sp³-hybridized carbons (Fsp3) is 1.00. The molecule has 2 unspecified atom stereocenters. The van der Waals surface area contributed by atoms with Crippen LogP contribution in [0.25, 0.3) is 0 Å². The number of nitrogens with one attached hydrogen (secondary N) is 1. The minimum absolute atomic E-state index is 0.476. The molecule has 2 fully saturated rings. The molecule has 76 valence electrons. The Balaban J connectivity index is 2.17. The highest BCUT2D eigenvalue weighted by Gasteiger charge is 2.49. The molecule has 2 atom stereocenters. The summed E-state index contributed by atoms with van der Waals surface area (Å²) < 4.78 is 0. The molecule has 0 amide bonds. The molecule has 3 nitrogen and oxygen atoms in total. The highest BCUT2D eigenvalue weighted by Crippen LogP contribution is 2.39. The van der Waals surface area contributed by atoms with Gasteiger partial charge in [-0.15, -0.1) is 0 Å². The van der Waals surface area contributed by atoms with E-state index in [2.05, 4.69) is 5.32 Å². The summed E-state index contributed by atoms with van der Waals surface area (Å²) in [5, 5.41) is 13.9. The Morgan fingerprint density at radius 2 is 1.77 bits per heavy atom. The molecular formula is C10H20N2O. The van der Waals surface area contributed by atoms with Crippen molar-refractivity contribution in [2.75, 3.05) is 0 Å². The summed E-state index contributed by atoms with van der Waals surface area (Å²) in [5.74, 6) is 0. The fourth-order valence-corrected chi connectivity index (χ4v) is 2.65. The van der Waals surface area contributed by atoms with Crippen molar-refractivity contribution in [1.82, 2.24) is 5.32 Å². The van der Waals surface area contributed by atoms with Crippen LogP contribution in [0, 0.1) is 0 Å². The van der Waals surface area contributed by atoms with Crippen molar-refractivity contribution >= 4 is 0 Å². The van der Waals surface area contributed by atoms with E-state index in [-0.39, 0.29) is 0 Å². The zero-order chi connectivity index (χ0) is 9.69. The van der Waals surface area contributed by atoms with Crippen LogP contribution in [-0.4, -0.2) is 28.3 Å². The van der Waals surface area contributed by atoms with Gasteiger partial charge < -0.3 is 16.2 Å². The van der Waals surface area contributed by atoms with Crippen LogP contribution in [0.3, 0.4) is 0 Å². The predicted molar refractivity (Wildman–Crippen MR) is 52.4 cm³/mol. The molecule has 0 aromatic carbocycles. The minimum atomic E-state index is -0.663. The highest BCUT2D eigenvalue weighted by atomic mass is 16.3. The molecule has 0 aromatic heterocycles. The molecule has 3 heteroatoms. The van der Waals surface area contributed by atoms with E-state index in [0.29, 0.717) is 12.1 Å². The molecule has 2 saturated heterocycles. The number of rotatable bonds is 1. The second kappa shape index (κ2) is 2.69. The van der Waals surface area contributed by atoms with Crippen LogP contribution in [-0.2, 0) is 0 Å². The molecule has 2 aliphatic rings. The van der Waals surface area contributed by atoms with Gasteiger partial charge in [0.25, 0.3) is 0 Å². The number of aliphatic hydroxyl groups is 1. The molecule has 4 N–H and O–H groups in total. The summed E-state index contributed by atoms with van der Waals surface area (Å²) in [5.41, 5.74) is 4.88. The first-order valence-corrected chi connectivity index (χ1v) is 5.18. The molecule has 0 saturated carbocycles. The Kier molecular flexibility index (Phi) is 1.95. The number of piperidine rings is 1. The van der Waals surface area contributed by atoms with Gasteiger partial charge in [-0.25, -0.2) is 0 Å². The average molecular weight is 184 g/mol. The third kappa shape index (κ3) is 1.49. The van der Waals surface area contributed by atoms with Crippen molar-refractivity contribution in [1.29, 1.82) is 0 Å². The Labute approximate surface area is 79.7 Å². The van der Waals surface area contributed by atoms with Crippen molar-refractivity contribution in [3.05, 3.63) is 0 Å². The van der Waals surface area contributed by atoms with Crippen molar-refractivity contribution < 1.29 is 5.11 Å². The maximum atomic E-state index is 10.4. The van der Waals surface area contributed by atoms with Gasteiger partial charge in [-0.3, -0.25) is 0 Å². The molecule has 2 heterocycles. The van der Waals surface area contributed by atoms with Gasteiger partial charge in [-0.05, 0) is 39.5 Å². The zero-order valence-electron chi connectivity index (χ0n) is 8.51. The van der Waals surface area contributed by atoms with E-state index in [1.807, 2.05) is 13.8 Å². The van der Waals surface area contributed by atoms with Crippen LogP contribution in [0.1, 0.15) is 39.5 Å². The molecule has 0 aliphatic carbocycles. The number of hydrogen-bond donors (Lipinski definition) is 3. The first-order chi connectivity index (χ1) is 5.91. The first kappa shape index (κ1) is 9.44. The fourth-order valence-electron chi connectivity index (χ4n) is 2.65. The first-order valence-electron chi connectivity index (χ1n) is 5.18. The van der Waals surface area contributed by atoms with Gasteiger partial charge in [0.15, 0.2) is 0 Å². The Morgan fingerprint density at radius 1 is 1.31 bits per heavy atom. The van der Waals surface area contributed by atoms with E-state index in [1.54, 1.807) is 0 Å². The Morgan fingerprint density at radius 3 is 2.15 bits per heavy atom. The van der Waals surface area contributed by atoms with Crippen LogP contribution >= 0.6 is 0 Å². The van der Waals surface area contributed by atoms with Crippen LogP contribution in [0.4, 0.5) is 0 Å². The van der Waals surface area contributed by atoms with Crippen molar-refractivity contribution in [2.45, 2.75) is 62.8 Å². The van der Waals surface area contributed by atoms with E-state index < -0.39 is 11.1 Å². The largest absolute Gasteiger partial charge is 0.388 e. The lowest BCUT2D eigenvalue weighted by molar-refractivity contribution is -0.0594. The quantitative estimate of drug-likeness (QED) is 0.552. The standard InChI is InChI=1S/C10H20N2O/c1-9(2,11)10(13)5-7-3-4-8(6-10)12-7/h7-8,12-13H,3-6,11H2,1-2H3. The van der Waals surface area contributed by atoms with E-state index in [4.69, 9.17) is 5.73 Å². The molecule has 0 aromatic rings. The van der Waals surface area contributed by atoms with Crippen LogP contribution in [0.15, 0.2) is 0 Å². The summed E-state index contributed by atoms with van der Waals surface area (Å²) in [6, 6.07) is 0.984. The van der Waals surface area contributed by atoms with E-state index in [0.717, 1.165) is 12.8 Å². The van der Waals surface area contributed by atoms with Crippen molar-refractivity contribution in [3.8, 4) is 0 Å². The summed E-state index contributed by atoms with van der Waals surface area (Å²) in [7, 11) is 0. The second-order valence-electron chi connectivity index (χ2n) is 5.30. The predicted octanol–water partition coefficient (Wildman–Crippen LogP) is 0.369. The maximum Gasteiger partial charge on any atom is 0.0850 e. The third-order valence-corrected chi connectivity index (χ3v) is 3.70. The summed E-state index contributed by atoms with van der Waals surface area (Å²) in [4.78, 5) is 0. The number of hydrogen-bond acceptors (Lipinski definition) is 3. The lowest BCUT2D eigenvalue weighted by Crippen LogP contribution is -2.63. The number of fused-ring (bicyclic) bond motifs is 2. The molecule has 2 bridgehead atoms. The summed E-state index contributed by atoms with van der Waals surface area (Å²) in [6.07, 6.45) is 4.02. The van der Waals surface area contributed by atoms with E-state index in [1.165, 1.54) is 12.8 Å². The van der Waals surface area contributed by atoms with Crippen LogP contribution in [0.2, 0.25) is 0 Å². The smallest absolute Gasteiger partial charge is 0.0850 e. The van der Waals surface area contributed by atoms with Crippen LogP contribution in [0.5, 0.6) is 0 Å². The second-order valence-corrected chi connectivity index (χ2v) is 5.30. The van der Waals surface area contributed by atoms with E-state index in [9.17, 15) is 5.11 Å². The molecule has 2 aliphatic heterocycles. The third-order valence-electron chi connectivity index (χ3n) is 3.70. The van der Waals surface area contributed by atoms with Crippen molar-refractivity contribution in [2.24, 2.45) is 5.73 Å². The van der Waals surface area contributed by atoms with Crippen molar-refractivity contribution in [3.63, 3.8) is 0 Å². The van der Waals surface area contributed by atoms with Gasteiger partial charge in [0, 0.05) is 17.6 Å². The monoisotopic (exact) mass is 184 g/mol. The van der Waals surface area contributed by atoms with Gasteiger partial charge in [-0.1, -0.05) is 0 Å². The summed E-state index contributed by atoms with van der Waals surface area (Å²) >= 11 is 0. The Bertz CT molecular complexity index is 197. The van der Waals surface area contributed by atoms with Crippen LogP contribution < -0.4 is 11.1 Å². The lowest BCUT2D eigenvalue weighted by Gasteiger charge is -2.45. The van der Waals surface area contributed by atoms with Gasteiger partial charge in [0.2, 0.25) is 0 Å². The lowest BCUT2D eigenvalue weighted by atomic mass is 9.74. The topological polar surface area (TPSA) is 58.3 Å². The molecular weight excluding hydrogens is 164 g/mol. The highest BCUT2D eigenvalue weighted by molar-refractivity contribution is 5.08. The molecule has 0 radical (unpaired) electrons. The molecule has 2 rings (SSSR count). The van der Waals surface area contributed by atoms with Gasteiger partial charge in [0.1, 0.15) is 0 Å². The number of nitrogens with two attached hydrogens (primary N) is 1. The molecule has 13 heavy (non-hydrogen) atoms. The minimum Gasteiger partial charge on any atom is -0.388 e. The molecule has 0 spiro atoms. The van der Waals surface area contributed by atoms with Gasteiger partial charge in [0.05, 0.1) is 5.60 Å². The zero-order valence-corrected chi connectivity index (χ0v) is 8.51. The SMILES string of the molecule is CC(C)(N)C1(O)CC2CCC(C1)N2. The maximum absolute atomic E-state index is 10.4.